The van der Waals surface area contributed by atoms with Gasteiger partial charge in [0.05, 0.1) is 19.5 Å². The van der Waals surface area contributed by atoms with Gasteiger partial charge in [-0.3, -0.25) is 4.79 Å². The summed E-state index contributed by atoms with van der Waals surface area (Å²) >= 11 is 6.29. The highest BCUT2D eigenvalue weighted by Crippen LogP contribution is 2.36. The first kappa shape index (κ1) is 16.3. The van der Waals surface area contributed by atoms with Crippen LogP contribution in [0.5, 0.6) is 11.5 Å². The average Bonchev–Trinajstić information content (AvgIpc) is 3.11. The molecule has 0 unspecified atom stereocenters. The summed E-state index contributed by atoms with van der Waals surface area (Å²) in [4.78, 5) is 27.6. The van der Waals surface area contributed by atoms with Gasteiger partial charge in [0.25, 0.3) is 0 Å². The maximum absolute atomic E-state index is 12.7. The number of hydrogen-bond donors (Lipinski definition) is 0. The van der Waals surface area contributed by atoms with Crippen LogP contribution in [0.4, 0.5) is 4.79 Å². The summed E-state index contributed by atoms with van der Waals surface area (Å²) in [6.45, 7) is 2.48. The van der Waals surface area contributed by atoms with Gasteiger partial charge < -0.3 is 24.0 Å². The standard InChI is InChI=1S/C17H19ClN2O5/c1-19-9-17(25-16(19)22)2-3-20(10-17)15(21)7-11-6-13-14(8-12(11)18)24-5-4-23-13/h6,8H,2-5,7,9-10H2,1H3/t17-/m0/s1. The van der Waals surface area contributed by atoms with E-state index < -0.39 is 5.60 Å². The third-order valence-corrected chi connectivity index (χ3v) is 5.21. The molecule has 0 aromatic heterocycles. The van der Waals surface area contributed by atoms with E-state index in [1.165, 1.54) is 0 Å². The van der Waals surface area contributed by atoms with Gasteiger partial charge in [0.15, 0.2) is 17.1 Å². The minimum atomic E-state index is -0.571. The number of hydrogen-bond acceptors (Lipinski definition) is 5. The molecule has 2 fully saturated rings. The maximum Gasteiger partial charge on any atom is 0.410 e. The predicted octanol–water partition coefficient (Wildman–Crippen LogP) is 1.71. The molecule has 3 aliphatic heterocycles. The van der Waals surface area contributed by atoms with Crippen molar-refractivity contribution in [3.05, 3.63) is 22.7 Å². The second-order valence-corrected chi connectivity index (χ2v) is 7.14. The Morgan fingerprint density at radius 3 is 2.64 bits per heavy atom. The highest BCUT2D eigenvalue weighted by Gasteiger charge is 2.49. The molecular formula is C17H19ClN2O5. The van der Waals surface area contributed by atoms with Crippen molar-refractivity contribution in [2.45, 2.75) is 18.4 Å². The van der Waals surface area contributed by atoms with Crippen LogP contribution >= 0.6 is 11.6 Å². The van der Waals surface area contributed by atoms with Crippen molar-refractivity contribution in [2.75, 3.05) is 39.9 Å². The Morgan fingerprint density at radius 2 is 1.96 bits per heavy atom. The lowest BCUT2D eigenvalue weighted by atomic mass is 10.0. The van der Waals surface area contributed by atoms with Crippen LogP contribution in [0.1, 0.15) is 12.0 Å². The van der Waals surface area contributed by atoms with Crippen LogP contribution < -0.4 is 9.47 Å². The molecule has 0 N–H and O–H groups in total. The van der Waals surface area contributed by atoms with Gasteiger partial charge in [0.1, 0.15) is 13.2 Å². The number of benzene rings is 1. The second-order valence-electron chi connectivity index (χ2n) is 6.74. The Kier molecular flexibility index (Phi) is 3.91. The lowest BCUT2D eigenvalue weighted by Gasteiger charge is -2.23. The third-order valence-electron chi connectivity index (χ3n) is 4.86. The zero-order chi connectivity index (χ0) is 17.6. The highest BCUT2D eigenvalue weighted by atomic mass is 35.5. The van der Waals surface area contributed by atoms with E-state index in [2.05, 4.69) is 0 Å². The summed E-state index contributed by atoms with van der Waals surface area (Å²) < 4.78 is 16.5. The monoisotopic (exact) mass is 366 g/mol. The Bertz CT molecular complexity index is 740. The first-order chi connectivity index (χ1) is 12.0. The summed E-state index contributed by atoms with van der Waals surface area (Å²) in [5.41, 5.74) is 0.135. The molecule has 0 radical (unpaired) electrons. The molecule has 134 valence electrons. The first-order valence-electron chi connectivity index (χ1n) is 8.26. The number of halogens is 1. The molecule has 2 amide bonds. The topological polar surface area (TPSA) is 68.3 Å². The molecular weight excluding hydrogens is 348 g/mol. The zero-order valence-corrected chi connectivity index (χ0v) is 14.7. The normalized spacial score (nSPS) is 24.8. The van der Waals surface area contributed by atoms with Crippen molar-refractivity contribution in [1.82, 2.24) is 9.80 Å². The number of carbonyl (C=O) groups excluding carboxylic acids is 2. The molecule has 4 rings (SSSR count). The average molecular weight is 367 g/mol. The number of nitrogens with zero attached hydrogens (tertiary/aromatic N) is 2. The van der Waals surface area contributed by atoms with E-state index in [4.69, 9.17) is 25.8 Å². The Balaban J connectivity index is 1.45. The number of rotatable bonds is 2. The molecule has 1 aromatic carbocycles. The van der Waals surface area contributed by atoms with Crippen molar-refractivity contribution in [2.24, 2.45) is 0 Å². The summed E-state index contributed by atoms with van der Waals surface area (Å²) in [5, 5.41) is 0.485. The van der Waals surface area contributed by atoms with Crippen molar-refractivity contribution >= 4 is 23.6 Å². The smallest absolute Gasteiger partial charge is 0.410 e. The summed E-state index contributed by atoms with van der Waals surface area (Å²) in [7, 11) is 1.70. The largest absolute Gasteiger partial charge is 0.486 e. The van der Waals surface area contributed by atoms with Crippen molar-refractivity contribution < 1.29 is 23.8 Å². The summed E-state index contributed by atoms with van der Waals surface area (Å²) in [6.07, 6.45) is 0.503. The minimum absolute atomic E-state index is 0.0407. The summed E-state index contributed by atoms with van der Waals surface area (Å²) in [5.74, 6) is 1.18. The molecule has 7 nitrogen and oxygen atoms in total. The van der Waals surface area contributed by atoms with E-state index in [1.54, 1.807) is 29.0 Å². The molecule has 1 atom stereocenters. The molecule has 0 bridgehead atoms. The van der Waals surface area contributed by atoms with Crippen LogP contribution in [0.3, 0.4) is 0 Å². The number of amides is 2. The van der Waals surface area contributed by atoms with Crippen LogP contribution in [0, 0.1) is 0 Å². The number of likely N-dealkylation sites (tertiary alicyclic amines) is 1. The predicted molar refractivity (Wildman–Crippen MR) is 89.2 cm³/mol. The van der Waals surface area contributed by atoms with Gasteiger partial charge in [-0.05, 0) is 11.6 Å². The van der Waals surface area contributed by atoms with Gasteiger partial charge in [-0.1, -0.05) is 11.6 Å². The van der Waals surface area contributed by atoms with Crippen LogP contribution in [0.2, 0.25) is 5.02 Å². The van der Waals surface area contributed by atoms with Crippen LogP contribution in [0.25, 0.3) is 0 Å². The van der Waals surface area contributed by atoms with Crippen molar-refractivity contribution in [3.63, 3.8) is 0 Å². The van der Waals surface area contributed by atoms with Crippen molar-refractivity contribution in [1.29, 1.82) is 0 Å². The fourth-order valence-electron chi connectivity index (χ4n) is 3.58. The lowest BCUT2D eigenvalue weighted by Crippen LogP contribution is -2.39. The molecule has 25 heavy (non-hydrogen) atoms. The minimum Gasteiger partial charge on any atom is -0.486 e. The third kappa shape index (κ3) is 2.97. The second kappa shape index (κ2) is 5.98. The number of fused-ring (bicyclic) bond motifs is 1. The quantitative estimate of drug-likeness (QED) is 0.797. The number of carbonyl (C=O) groups is 2. The first-order valence-corrected chi connectivity index (χ1v) is 8.63. The highest BCUT2D eigenvalue weighted by molar-refractivity contribution is 6.31. The Morgan fingerprint density at radius 1 is 1.24 bits per heavy atom. The molecule has 3 heterocycles. The molecule has 1 spiro atoms. The molecule has 3 aliphatic rings. The lowest BCUT2D eigenvalue weighted by molar-refractivity contribution is -0.130. The van der Waals surface area contributed by atoms with Gasteiger partial charge in [-0.2, -0.15) is 0 Å². The van der Waals surface area contributed by atoms with Gasteiger partial charge in [-0.25, -0.2) is 4.79 Å². The maximum atomic E-state index is 12.7. The molecule has 2 saturated heterocycles. The fraction of sp³-hybridized carbons (Fsp3) is 0.529. The van der Waals surface area contributed by atoms with Crippen LogP contribution in [-0.2, 0) is 16.0 Å². The fourth-order valence-corrected chi connectivity index (χ4v) is 3.80. The van der Waals surface area contributed by atoms with Crippen LogP contribution in [0.15, 0.2) is 12.1 Å². The van der Waals surface area contributed by atoms with Gasteiger partial charge in [0, 0.05) is 31.1 Å². The number of ether oxygens (including phenoxy) is 3. The molecule has 0 saturated carbocycles. The van der Waals surface area contributed by atoms with E-state index in [9.17, 15) is 9.59 Å². The molecule has 8 heteroatoms. The van der Waals surface area contributed by atoms with E-state index in [0.717, 1.165) is 0 Å². The summed E-state index contributed by atoms with van der Waals surface area (Å²) in [6, 6.07) is 3.46. The van der Waals surface area contributed by atoms with Gasteiger partial charge >= 0.3 is 6.09 Å². The SMILES string of the molecule is CN1C[C@]2(CCN(C(=O)Cc3cc4c(cc3Cl)OCCO4)C2)OC1=O. The molecule has 0 aliphatic carbocycles. The van der Waals surface area contributed by atoms with E-state index >= 15 is 0 Å². The Hall–Kier alpha value is -2.15. The van der Waals surface area contributed by atoms with Gasteiger partial charge in [-0.15, -0.1) is 0 Å². The van der Waals surface area contributed by atoms with E-state index in [1.807, 2.05) is 0 Å². The molecule has 1 aromatic rings. The van der Waals surface area contributed by atoms with Gasteiger partial charge in [0.2, 0.25) is 5.91 Å². The van der Waals surface area contributed by atoms with Crippen LogP contribution in [-0.4, -0.2) is 67.3 Å². The number of likely N-dealkylation sites (N-methyl/N-ethyl adjacent to an activating group) is 1. The van der Waals surface area contributed by atoms with E-state index in [-0.39, 0.29) is 18.4 Å². The zero-order valence-electron chi connectivity index (χ0n) is 13.9. The Labute approximate surface area is 150 Å². The van der Waals surface area contributed by atoms with E-state index in [0.29, 0.717) is 61.4 Å². The van der Waals surface area contributed by atoms with Crippen molar-refractivity contribution in [3.8, 4) is 11.5 Å².